The number of hydrogen-bond donors (Lipinski definition) is 1. The molecule has 1 rings (SSSR count). The number of likely N-dealkylation sites (N-methyl/N-ethyl adjacent to an activating group) is 1. The molecule has 0 fully saturated rings. The highest BCUT2D eigenvalue weighted by molar-refractivity contribution is 5.76. The molecule has 1 aliphatic rings. The summed E-state index contributed by atoms with van der Waals surface area (Å²) in [6.07, 6.45) is 2.71. The van der Waals surface area contributed by atoms with E-state index in [1.807, 2.05) is 0 Å². The van der Waals surface area contributed by atoms with Crippen LogP contribution in [0.15, 0.2) is 5.10 Å². The van der Waals surface area contributed by atoms with E-state index in [2.05, 4.69) is 29.3 Å². The normalized spacial score (nSPS) is 27.6. The van der Waals surface area contributed by atoms with Crippen LogP contribution in [0.4, 0.5) is 0 Å². The summed E-state index contributed by atoms with van der Waals surface area (Å²) in [7, 11) is 0. The number of hydrogen-bond acceptors (Lipinski definition) is 4. The Bertz CT molecular complexity index is 177. The van der Waals surface area contributed by atoms with E-state index in [1.165, 1.54) is 0 Å². The van der Waals surface area contributed by atoms with Crippen LogP contribution in [0.5, 0.6) is 0 Å². The molecule has 2 unspecified atom stereocenters. The fourth-order valence-electron chi connectivity index (χ4n) is 1.45. The Labute approximate surface area is 72.6 Å². The summed E-state index contributed by atoms with van der Waals surface area (Å²) in [6, 6.07) is -0.0256. The molecule has 1 heterocycles. The number of nitrogens with one attached hydrogen (secondary N) is 1. The maximum absolute atomic E-state index is 10.6. The quantitative estimate of drug-likeness (QED) is 0.595. The van der Waals surface area contributed by atoms with Crippen LogP contribution in [0.1, 0.15) is 13.8 Å². The van der Waals surface area contributed by atoms with Crippen molar-refractivity contribution in [2.75, 3.05) is 13.1 Å². The molecule has 0 radical (unpaired) electrons. The van der Waals surface area contributed by atoms with Gasteiger partial charge in [0.25, 0.3) is 0 Å². The highest BCUT2D eigenvalue weighted by Gasteiger charge is 2.27. The van der Waals surface area contributed by atoms with Gasteiger partial charge in [-0.15, -0.1) is 0 Å². The Balaban J connectivity index is 2.58. The van der Waals surface area contributed by atoms with E-state index in [9.17, 15) is 4.79 Å². The molecule has 68 valence electrons. The minimum Gasteiger partial charge on any atom is -0.301 e. The van der Waals surface area contributed by atoms with Gasteiger partial charge in [0.15, 0.2) is 0 Å². The first-order valence-electron chi connectivity index (χ1n) is 4.31. The number of aldehydes is 1. The molecule has 2 atom stereocenters. The van der Waals surface area contributed by atoms with Crippen molar-refractivity contribution in [3.05, 3.63) is 0 Å². The maximum Gasteiger partial charge on any atom is 0.145 e. The SMILES string of the molecule is CCN(CC)C1C=NNC1C=O. The molecule has 0 aromatic rings. The van der Waals surface area contributed by atoms with E-state index in [4.69, 9.17) is 0 Å². The summed E-state index contributed by atoms with van der Waals surface area (Å²) in [5.74, 6) is 0. The molecule has 0 aromatic carbocycles. The number of rotatable bonds is 4. The van der Waals surface area contributed by atoms with Crippen molar-refractivity contribution in [2.45, 2.75) is 25.9 Å². The molecule has 0 saturated heterocycles. The standard InChI is InChI=1S/C8H15N3O/c1-3-11(4-2)8-5-9-10-7(8)6-12/h5-8,10H,3-4H2,1-2H3. The summed E-state index contributed by atoms with van der Waals surface area (Å²) < 4.78 is 0. The number of carbonyl (C=O) groups is 1. The molecule has 12 heavy (non-hydrogen) atoms. The van der Waals surface area contributed by atoms with E-state index in [0.29, 0.717) is 0 Å². The third-order valence-electron chi connectivity index (χ3n) is 2.20. The molecule has 0 amide bonds. The van der Waals surface area contributed by atoms with Crippen molar-refractivity contribution < 1.29 is 4.79 Å². The lowest BCUT2D eigenvalue weighted by atomic mass is 10.1. The molecular weight excluding hydrogens is 154 g/mol. The zero-order chi connectivity index (χ0) is 8.97. The Morgan fingerprint density at radius 1 is 1.58 bits per heavy atom. The second kappa shape index (κ2) is 4.21. The van der Waals surface area contributed by atoms with Gasteiger partial charge in [-0.3, -0.25) is 10.3 Å². The third kappa shape index (κ3) is 1.64. The van der Waals surface area contributed by atoms with E-state index >= 15 is 0 Å². The fourth-order valence-corrected chi connectivity index (χ4v) is 1.45. The van der Waals surface area contributed by atoms with Crippen molar-refractivity contribution in [3.8, 4) is 0 Å². The summed E-state index contributed by atoms with van der Waals surface area (Å²) >= 11 is 0. The molecule has 0 aliphatic carbocycles. The van der Waals surface area contributed by atoms with Gasteiger partial charge in [-0.05, 0) is 13.1 Å². The van der Waals surface area contributed by atoms with Crippen molar-refractivity contribution in [2.24, 2.45) is 5.10 Å². The first kappa shape index (κ1) is 9.19. The first-order chi connectivity index (χ1) is 5.83. The lowest BCUT2D eigenvalue weighted by molar-refractivity contribution is -0.110. The fraction of sp³-hybridized carbons (Fsp3) is 0.750. The van der Waals surface area contributed by atoms with Gasteiger partial charge in [0, 0.05) is 6.21 Å². The molecule has 4 nitrogen and oxygen atoms in total. The molecule has 1 aliphatic heterocycles. The van der Waals surface area contributed by atoms with Crippen LogP contribution < -0.4 is 5.43 Å². The Morgan fingerprint density at radius 2 is 2.25 bits per heavy atom. The van der Waals surface area contributed by atoms with Gasteiger partial charge >= 0.3 is 0 Å². The molecule has 4 heteroatoms. The first-order valence-corrected chi connectivity index (χ1v) is 4.31. The van der Waals surface area contributed by atoms with Crippen molar-refractivity contribution in [1.29, 1.82) is 0 Å². The topological polar surface area (TPSA) is 44.7 Å². The van der Waals surface area contributed by atoms with Crippen LogP contribution in [0.3, 0.4) is 0 Å². The van der Waals surface area contributed by atoms with Crippen molar-refractivity contribution >= 4 is 12.5 Å². The average Bonchev–Trinajstić information content (AvgIpc) is 2.55. The van der Waals surface area contributed by atoms with Crippen LogP contribution in [-0.2, 0) is 4.79 Å². The monoisotopic (exact) mass is 169 g/mol. The van der Waals surface area contributed by atoms with Gasteiger partial charge in [-0.2, -0.15) is 5.10 Å². The summed E-state index contributed by atoms with van der Waals surface area (Å²) in [6.45, 7) is 6.05. The second-order valence-corrected chi connectivity index (χ2v) is 2.78. The van der Waals surface area contributed by atoms with Crippen LogP contribution in [0, 0.1) is 0 Å². The van der Waals surface area contributed by atoms with Crippen LogP contribution in [0.2, 0.25) is 0 Å². The lowest BCUT2D eigenvalue weighted by Gasteiger charge is -2.25. The maximum atomic E-state index is 10.6. The van der Waals surface area contributed by atoms with Gasteiger partial charge in [0.05, 0.1) is 6.04 Å². The highest BCUT2D eigenvalue weighted by atomic mass is 16.1. The number of hydrazone groups is 1. The van der Waals surface area contributed by atoms with Gasteiger partial charge in [-0.25, -0.2) is 0 Å². The van der Waals surface area contributed by atoms with Gasteiger partial charge in [-0.1, -0.05) is 13.8 Å². The molecular formula is C8H15N3O. The molecule has 1 N–H and O–H groups in total. The Kier molecular flexibility index (Phi) is 3.22. The molecule has 0 bridgehead atoms. The molecule has 0 saturated carbocycles. The van der Waals surface area contributed by atoms with E-state index in [-0.39, 0.29) is 12.1 Å². The van der Waals surface area contributed by atoms with E-state index < -0.39 is 0 Å². The second-order valence-electron chi connectivity index (χ2n) is 2.78. The number of nitrogens with zero attached hydrogens (tertiary/aromatic N) is 2. The largest absolute Gasteiger partial charge is 0.301 e. The Hall–Kier alpha value is -0.900. The summed E-state index contributed by atoms with van der Waals surface area (Å²) in [5, 5.41) is 3.89. The molecule has 0 spiro atoms. The highest BCUT2D eigenvalue weighted by Crippen LogP contribution is 2.05. The average molecular weight is 169 g/mol. The van der Waals surface area contributed by atoms with Crippen LogP contribution in [-0.4, -0.2) is 42.6 Å². The summed E-state index contributed by atoms with van der Waals surface area (Å²) in [5.41, 5.74) is 2.77. The van der Waals surface area contributed by atoms with Crippen molar-refractivity contribution in [1.82, 2.24) is 10.3 Å². The molecule has 0 aromatic heterocycles. The van der Waals surface area contributed by atoms with Crippen LogP contribution in [0.25, 0.3) is 0 Å². The van der Waals surface area contributed by atoms with Crippen molar-refractivity contribution in [3.63, 3.8) is 0 Å². The smallest absolute Gasteiger partial charge is 0.145 e. The third-order valence-corrected chi connectivity index (χ3v) is 2.20. The minimum absolute atomic E-state index is 0.137. The van der Waals surface area contributed by atoms with Crippen LogP contribution >= 0.6 is 0 Å². The predicted octanol–water partition coefficient (Wildman–Crippen LogP) is -0.147. The summed E-state index contributed by atoms with van der Waals surface area (Å²) in [4.78, 5) is 12.8. The van der Waals surface area contributed by atoms with Gasteiger partial charge < -0.3 is 4.79 Å². The zero-order valence-corrected chi connectivity index (χ0v) is 7.53. The van der Waals surface area contributed by atoms with E-state index in [1.54, 1.807) is 6.21 Å². The van der Waals surface area contributed by atoms with Gasteiger partial charge in [0.2, 0.25) is 0 Å². The lowest BCUT2D eigenvalue weighted by Crippen LogP contribution is -2.46. The Morgan fingerprint density at radius 3 is 2.75 bits per heavy atom. The van der Waals surface area contributed by atoms with E-state index in [0.717, 1.165) is 19.4 Å². The zero-order valence-electron chi connectivity index (χ0n) is 7.53. The number of carbonyl (C=O) groups excluding carboxylic acids is 1. The van der Waals surface area contributed by atoms with Gasteiger partial charge in [0.1, 0.15) is 12.3 Å². The minimum atomic E-state index is -0.162. The predicted molar refractivity (Wildman–Crippen MR) is 48.2 cm³/mol.